The number of morpholine rings is 1. The van der Waals surface area contributed by atoms with Crippen molar-refractivity contribution in [1.82, 2.24) is 4.90 Å². The van der Waals surface area contributed by atoms with Gasteiger partial charge >= 0.3 is 5.97 Å². The van der Waals surface area contributed by atoms with Crippen LogP contribution >= 0.6 is 0 Å². The van der Waals surface area contributed by atoms with E-state index in [0.717, 1.165) is 32.1 Å². The molecule has 0 radical (unpaired) electrons. The summed E-state index contributed by atoms with van der Waals surface area (Å²) in [5.74, 6) is -0.241. The topological polar surface area (TPSA) is 76.1 Å². The molecule has 6 heteroatoms. The third-order valence-electron chi connectivity index (χ3n) is 7.23. The number of aliphatic hydroxyl groups is 1. The van der Waals surface area contributed by atoms with E-state index in [-0.39, 0.29) is 18.7 Å². The van der Waals surface area contributed by atoms with Crippen LogP contribution in [0.25, 0.3) is 0 Å². The zero-order chi connectivity index (χ0) is 25.6. The molecule has 0 aromatic heterocycles. The van der Waals surface area contributed by atoms with Gasteiger partial charge in [0.2, 0.25) is 0 Å². The van der Waals surface area contributed by atoms with E-state index in [4.69, 9.17) is 9.47 Å². The fraction of sp³-hybridized carbons (Fsp3) is 0.931. The molecule has 3 unspecified atom stereocenters. The molecule has 1 N–H and O–H groups in total. The number of hydrogen-bond donors (Lipinski definition) is 1. The van der Waals surface area contributed by atoms with E-state index in [2.05, 4.69) is 18.7 Å². The van der Waals surface area contributed by atoms with Crippen LogP contribution in [0.4, 0.5) is 0 Å². The maximum absolute atomic E-state index is 12.7. The molecule has 206 valence electrons. The molecule has 1 heterocycles. The number of aliphatic hydroxyl groups excluding tert-OH is 1. The SMILES string of the molecule is CCCCCCCCCCC(O)CN1CC(CCCCCCCCCC)OC(=O)C1CCOC=O. The highest BCUT2D eigenvalue weighted by Crippen LogP contribution is 2.22. The molecule has 0 aromatic rings. The Labute approximate surface area is 215 Å². The number of nitrogens with zero attached hydrogens (tertiary/aromatic N) is 1. The zero-order valence-corrected chi connectivity index (χ0v) is 22.9. The number of ether oxygens (including phenoxy) is 2. The van der Waals surface area contributed by atoms with Crippen molar-refractivity contribution < 1.29 is 24.2 Å². The molecule has 1 aliphatic rings. The normalized spacial score (nSPS) is 19.5. The third-order valence-corrected chi connectivity index (χ3v) is 7.23. The molecule has 1 aliphatic heterocycles. The summed E-state index contributed by atoms with van der Waals surface area (Å²) in [5, 5.41) is 10.7. The zero-order valence-electron chi connectivity index (χ0n) is 22.9. The second kappa shape index (κ2) is 22.1. The summed E-state index contributed by atoms with van der Waals surface area (Å²) in [7, 11) is 0. The van der Waals surface area contributed by atoms with Crippen molar-refractivity contribution in [2.24, 2.45) is 0 Å². The maximum atomic E-state index is 12.7. The Balaban J connectivity index is 2.38. The van der Waals surface area contributed by atoms with Crippen molar-refractivity contribution in [2.75, 3.05) is 19.7 Å². The van der Waals surface area contributed by atoms with Crippen LogP contribution in [0.2, 0.25) is 0 Å². The highest BCUT2D eigenvalue weighted by molar-refractivity contribution is 5.76. The van der Waals surface area contributed by atoms with Gasteiger partial charge < -0.3 is 14.6 Å². The van der Waals surface area contributed by atoms with Crippen molar-refractivity contribution in [3.8, 4) is 0 Å². The fourth-order valence-corrected chi connectivity index (χ4v) is 5.08. The minimum absolute atomic E-state index is 0.110. The molecular formula is C29H55NO5. The van der Waals surface area contributed by atoms with E-state index in [1.807, 2.05) is 0 Å². The van der Waals surface area contributed by atoms with Crippen LogP contribution in [0, 0.1) is 0 Å². The van der Waals surface area contributed by atoms with Crippen molar-refractivity contribution in [3.05, 3.63) is 0 Å². The molecule has 0 bridgehead atoms. The quantitative estimate of drug-likeness (QED) is 0.0923. The van der Waals surface area contributed by atoms with E-state index in [1.54, 1.807) is 0 Å². The van der Waals surface area contributed by atoms with Crippen LogP contribution in [0.5, 0.6) is 0 Å². The predicted molar refractivity (Wildman–Crippen MR) is 142 cm³/mol. The first-order chi connectivity index (χ1) is 17.1. The van der Waals surface area contributed by atoms with Gasteiger partial charge in [-0.2, -0.15) is 0 Å². The molecule has 0 aromatic carbocycles. The molecule has 0 amide bonds. The lowest BCUT2D eigenvalue weighted by atomic mass is 10.0. The Morgan fingerprint density at radius 2 is 1.43 bits per heavy atom. The monoisotopic (exact) mass is 497 g/mol. The molecule has 6 nitrogen and oxygen atoms in total. The number of unbranched alkanes of at least 4 members (excludes halogenated alkanes) is 14. The fourth-order valence-electron chi connectivity index (χ4n) is 5.08. The summed E-state index contributed by atoms with van der Waals surface area (Å²) in [4.78, 5) is 25.4. The first-order valence-electron chi connectivity index (χ1n) is 14.8. The lowest BCUT2D eigenvalue weighted by molar-refractivity contribution is -0.169. The summed E-state index contributed by atoms with van der Waals surface area (Å²) < 4.78 is 10.6. The van der Waals surface area contributed by atoms with Gasteiger partial charge in [-0.25, -0.2) is 0 Å². The van der Waals surface area contributed by atoms with Crippen LogP contribution in [-0.2, 0) is 19.1 Å². The molecule has 1 fully saturated rings. The van der Waals surface area contributed by atoms with Gasteiger partial charge in [0.25, 0.3) is 6.47 Å². The van der Waals surface area contributed by atoms with E-state index in [0.29, 0.717) is 26.0 Å². The molecule has 35 heavy (non-hydrogen) atoms. The minimum Gasteiger partial charge on any atom is -0.468 e. The molecule has 0 aliphatic carbocycles. The predicted octanol–water partition coefficient (Wildman–Crippen LogP) is 6.57. The maximum Gasteiger partial charge on any atom is 0.323 e. The van der Waals surface area contributed by atoms with Crippen molar-refractivity contribution >= 4 is 12.4 Å². The average molecular weight is 498 g/mol. The van der Waals surface area contributed by atoms with Crippen LogP contribution in [0.15, 0.2) is 0 Å². The van der Waals surface area contributed by atoms with E-state index in [1.165, 1.54) is 83.5 Å². The smallest absolute Gasteiger partial charge is 0.323 e. The highest BCUT2D eigenvalue weighted by atomic mass is 16.6. The summed E-state index contributed by atoms with van der Waals surface area (Å²) in [5.41, 5.74) is 0. The molecule has 0 spiro atoms. The van der Waals surface area contributed by atoms with E-state index in [9.17, 15) is 14.7 Å². The Morgan fingerprint density at radius 3 is 2.00 bits per heavy atom. The van der Waals surface area contributed by atoms with Crippen molar-refractivity contribution in [3.63, 3.8) is 0 Å². The number of β-amino-alcohol motifs (C(OH)–C–C–N with tert-alkyl or cyclic N) is 1. The lowest BCUT2D eigenvalue weighted by Crippen LogP contribution is -2.55. The van der Waals surface area contributed by atoms with Gasteiger partial charge in [-0.1, -0.05) is 110 Å². The van der Waals surface area contributed by atoms with Crippen LogP contribution < -0.4 is 0 Å². The summed E-state index contributed by atoms with van der Waals surface area (Å²) in [6.07, 6.45) is 21.5. The van der Waals surface area contributed by atoms with Gasteiger partial charge in [-0.3, -0.25) is 14.5 Å². The Bertz CT molecular complexity index is 513. The van der Waals surface area contributed by atoms with Crippen LogP contribution in [0.1, 0.15) is 136 Å². The van der Waals surface area contributed by atoms with Gasteiger partial charge in [-0.05, 0) is 19.3 Å². The van der Waals surface area contributed by atoms with Gasteiger partial charge in [0.05, 0.1) is 12.7 Å². The highest BCUT2D eigenvalue weighted by Gasteiger charge is 2.36. The number of rotatable bonds is 24. The molecule has 3 atom stereocenters. The third kappa shape index (κ3) is 16.3. The minimum atomic E-state index is -0.446. The van der Waals surface area contributed by atoms with Crippen molar-refractivity contribution in [1.29, 1.82) is 0 Å². The number of carbonyl (C=O) groups is 2. The lowest BCUT2D eigenvalue weighted by Gasteiger charge is -2.39. The summed E-state index contributed by atoms with van der Waals surface area (Å²) >= 11 is 0. The second-order valence-corrected chi connectivity index (χ2v) is 10.5. The Morgan fingerprint density at radius 1 is 0.886 bits per heavy atom. The first-order valence-corrected chi connectivity index (χ1v) is 14.8. The molecule has 1 rings (SSSR count). The molecular weight excluding hydrogens is 442 g/mol. The number of hydrogen-bond acceptors (Lipinski definition) is 6. The summed E-state index contributed by atoms with van der Waals surface area (Å²) in [6, 6.07) is -0.446. The van der Waals surface area contributed by atoms with Gasteiger partial charge in [0, 0.05) is 19.5 Å². The number of cyclic esters (lactones) is 1. The largest absolute Gasteiger partial charge is 0.468 e. The molecule has 0 saturated carbocycles. The van der Waals surface area contributed by atoms with Gasteiger partial charge in [-0.15, -0.1) is 0 Å². The second-order valence-electron chi connectivity index (χ2n) is 10.5. The standard InChI is InChI=1S/C29H55NO5/c1-3-5-7-9-11-13-15-17-19-26(32)23-30-24-27(20-18-16-14-12-10-8-6-4-2)35-29(33)28(30)21-22-34-25-31/h25-28,32H,3-24H2,1-2H3. The van der Waals surface area contributed by atoms with Gasteiger partial charge in [0.1, 0.15) is 12.1 Å². The van der Waals surface area contributed by atoms with E-state index >= 15 is 0 Å². The summed E-state index contributed by atoms with van der Waals surface area (Å²) in [6.45, 7) is 6.22. The number of esters is 1. The van der Waals surface area contributed by atoms with Crippen molar-refractivity contribution in [2.45, 2.75) is 154 Å². The number of carbonyl (C=O) groups excluding carboxylic acids is 2. The molecule has 1 saturated heterocycles. The van der Waals surface area contributed by atoms with Gasteiger partial charge in [0.15, 0.2) is 0 Å². The van der Waals surface area contributed by atoms with E-state index < -0.39 is 12.1 Å². The van der Waals surface area contributed by atoms with Crippen LogP contribution in [-0.4, -0.2) is 60.4 Å². The van der Waals surface area contributed by atoms with Crippen LogP contribution in [0.3, 0.4) is 0 Å². The Hall–Kier alpha value is -1.14. The Kier molecular flexibility index (Phi) is 20.1. The average Bonchev–Trinajstić information content (AvgIpc) is 2.84. The first kappa shape index (κ1) is 31.9.